The summed E-state index contributed by atoms with van der Waals surface area (Å²) in [5.41, 5.74) is 1.17. The Labute approximate surface area is 93.9 Å². The van der Waals surface area contributed by atoms with Gasteiger partial charge >= 0.3 is 5.97 Å². The summed E-state index contributed by atoms with van der Waals surface area (Å²) in [4.78, 5) is 19.4. The van der Waals surface area contributed by atoms with Crippen molar-refractivity contribution >= 4 is 11.9 Å². The van der Waals surface area contributed by atoms with Gasteiger partial charge in [-0.25, -0.2) is 14.8 Å². The molecule has 0 aromatic carbocycles. The molecule has 1 aliphatic rings. The molecule has 5 nitrogen and oxygen atoms in total. The topological polar surface area (TPSA) is 75.1 Å². The van der Waals surface area contributed by atoms with Crippen molar-refractivity contribution in [3.05, 3.63) is 17.5 Å². The first-order valence-electron chi connectivity index (χ1n) is 5.35. The molecule has 0 amide bonds. The van der Waals surface area contributed by atoms with E-state index in [1.165, 1.54) is 5.56 Å². The van der Waals surface area contributed by atoms with E-state index in [4.69, 9.17) is 5.11 Å². The predicted molar refractivity (Wildman–Crippen MR) is 59.4 cm³/mol. The molecular formula is C11H15N3O2. The summed E-state index contributed by atoms with van der Waals surface area (Å²) in [5, 5.41) is 11.8. The molecule has 0 atom stereocenters. The first-order chi connectivity index (χ1) is 7.49. The molecule has 0 radical (unpaired) electrons. The van der Waals surface area contributed by atoms with Gasteiger partial charge in [-0.15, -0.1) is 0 Å². The van der Waals surface area contributed by atoms with Gasteiger partial charge < -0.3 is 10.4 Å². The molecule has 1 aromatic heterocycles. The maximum atomic E-state index is 10.9. The first kappa shape index (κ1) is 10.9. The van der Waals surface area contributed by atoms with Crippen LogP contribution in [-0.2, 0) is 17.6 Å². The van der Waals surface area contributed by atoms with Crippen LogP contribution in [0.15, 0.2) is 6.20 Å². The lowest BCUT2D eigenvalue weighted by atomic mass is 10.1. The van der Waals surface area contributed by atoms with Crippen LogP contribution < -0.4 is 5.32 Å². The minimum absolute atomic E-state index is 0.396. The number of rotatable bonds is 3. The molecular weight excluding hydrogens is 206 g/mol. The summed E-state index contributed by atoms with van der Waals surface area (Å²) in [7, 11) is 0. The number of hydrogen-bond donors (Lipinski definition) is 2. The van der Waals surface area contributed by atoms with E-state index in [-0.39, 0.29) is 0 Å². The second-order valence-electron chi connectivity index (χ2n) is 4.57. The summed E-state index contributed by atoms with van der Waals surface area (Å²) in [6, 6.07) is 0. The number of anilines is 1. The smallest absolute Gasteiger partial charge is 0.328 e. The van der Waals surface area contributed by atoms with Gasteiger partial charge in [-0.3, -0.25) is 0 Å². The highest BCUT2D eigenvalue weighted by Gasteiger charge is 2.28. The van der Waals surface area contributed by atoms with Crippen molar-refractivity contribution in [2.45, 2.75) is 38.6 Å². The third kappa shape index (κ3) is 1.98. The lowest BCUT2D eigenvalue weighted by Crippen LogP contribution is -2.40. The van der Waals surface area contributed by atoms with Crippen LogP contribution in [0.25, 0.3) is 0 Å². The van der Waals surface area contributed by atoms with Gasteiger partial charge in [0.2, 0.25) is 5.95 Å². The lowest BCUT2D eigenvalue weighted by molar-refractivity contribution is -0.141. The number of hydrogen-bond acceptors (Lipinski definition) is 4. The number of carbonyl (C=O) groups is 1. The Hall–Kier alpha value is -1.65. The van der Waals surface area contributed by atoms with Crippen molar-refractivity contribution in [3.8, 4) is 0 Å². The van der Waals surface area contributed by atoms with Crippen molar-refractivity contribution < 1.29 is 9.90 Å². The SMILES string of the molecule is CC(C)(Nc1ncc2c(n1)CCC2)C(=O)O. The number of aliphatic carboxylic acids is 1. The van der Waals surface area contributed by atoms with E-state index in [0.717, 1.165) is 25.0 Å². The Morgan fingerprint density at radius 2 is 2.25 bits per heavy atom. The molecule has 2 rings (SSSR count). The fourth-order valence-electron chi connectivity index (χ4n) is 1.71. The molecule has 5 heteroatoms. The van der Waals surface area contributed by atoms with E-state index in [1.54, 1.807) is 20.0 Å². The summed E-state index contributed by atoms with van der Waals surface area (Å²) in [5.74, 6) is -0.523. The molecule has 16 heavy (non-hydrogen) atoms. The van der Waals surface area contributed by atoms with Crippen LogP contribution in [0.4, 0.5) is 5.95 Å². The van der Waals surface area contributed by atoms with Crippen LogP contribution in [0.5, 0.6) is 0 Å². The largest absolute Gasteiger partial charge is 0.480 e. The number of carboxylic acid groups (broad SMARTS) is 1. The number of nitrogens with zero attached hydrogens (tertiary/aromatic N) is 2. The standard InChI is InChI=1S/C11H15N3O2/c1-11(2,9(15)16)14-10-12-6-7-4-3-5-8(7)13-10/h6H,3-5H2,1-2H3,(H,15,16)(H,12,13,14). The van der Waals surface area contributed by atoms with E-state index in [1.807, 2.05) is 0 Å². The summed E-state index contributed by atoms with van der Waals surface area (Å²) < 4.78 is 0. The Kier molecular flexibility index (Phi) is 2.53. The number of carboxylic acids is 1. The van der Waals surface area contributed by atoms with Crippen LogP contribution in [0.2, 0.25) is 0 Å². The predicted octanol–water partition coefficient (Wildman–Crippen LogP) is 1.24. The summed E-state index contributed by atoms with van der Waals surface area (Å²) in [6.45, 7) is 3.18. The van der Waals surface area contributed by atoms with E-state index in [0.29, 0.717) is 5.95 Å². The summed E-state index contributed by atoms with van der Waals surface area (Å²) >= 11 is 0. The molecule has 0 aliphatic heterocycles. The van der Waals surface area contributed by atoms with Crippen molar-refractivity contribution in [2.75, 3.05) is 5.32 Å². The van der Waals surface area contributed by atoms with E-state index in [2.05, 4.69) is 15.3 Å². The molecule has 0 saturated carbocycles. The second kappa shape index (κ2) is 3.73. The number of aromatic nitrogens is 2. The van der Waals surface area contributed by atoms with Gasteiger partial charge in [0.1, 0.15) is 5.54 Å². The summed E-state index contributed by atoms with van der Waals surface area (Å²) in [6.07, 6.45) is 4.88. The molecule has 86 valence electrons. The quantitative estimate of drug-likeness (QED) is 0.803. The third-order valence-corrected chi connectivity index (χ3v) is 2.77. The van der Waals surface area contributed by atoms with E-state index in [9.17, 15) is 4.79 Å². The van der Waals surface area contributed by atoms with Gasteiger partial charge in [0.25, 0.3) is 0 Å². The van der Waals surface area contributed by atoms with Crippen molar-refractivity contribution in [1.29, 1.82) is 0 Å². The maximum absolute atomic E-state index is 10.9. The van der Waals surface area contributed by atoms with Crippen LogP contribution in [0.3, 0.4) is 0 Å². The number of fused-ring (bicyclic) bond motifs is 1. The Morgan fingerprint density at radius 1 is 1.50 bits per heavy atom. The molecule has 0 saturated heterocycles. The molecule has 0 spiro atoms. The highest BCUT2D eigenvalue weighted by molar-refractivity contribution is 5.80. The molecule has 0 unspecified atom stereocenters. The minimum atomic E-state index is -1.05. The number of nitrogens with one attached hydrogen (secondary N) is 1. The van der Waals surface area contributed by atoms with Crippen molar-refractivity contribution in [1.82, 2.24) is 9.97 Å². The van der Waals surface area contributed by atoms with Crippen LogP contribution in [0, 0.1) is 0 Å². The Bertz CT molecular complexity index is 429. The van der Waals surface area contributed by atoms with Crippen LogP contribution in [0.1, 0.15) is 31.5 Å². The van der Waals surface area contributed by atoms with Crippen molar-refractivity contribution in [2.24, 2.45) is 0 Å². The zero-order chi connectivity index (χ0) is 11.8. The average Bonchev–Trinajstić information content (AvgIpc) is 2.63. The van der Waals surface area contributed by atoms with Gasteiger partial charge in [-0.1, -0.05) is 0 Å². The fourth-order valence-corrected chi connectivity index (χ4v) is 1.71. The number of aryl methyl sites for hydroxylation is 2. The van der Waals surface area contributed by atoms with E-state index < -0.39 is 11.5 Å². The van der Waals surface area contributed by atoms with Gasteiger partial charge in [-0.2, -0.15) is 0 Å². The second-order valence-corrected chi connectivity index (χ2v) is 4.57. The molecule has 0 fully saturated rings. The lowest BCUT2D eigenvalue weighted by Gasteiger charge is -2.21. The average molecular weight is 221 g/mol. The van der Waals surface area contributed by atoms with Gasteiger partial charge in [-0.05, 0) is 38.7 Å². The van der Waals surface area contributed by atoms with Gasteiger partial charge in [0.05, 0.1) is 0 Å². The van der Waals surface area contributed by atoms with Gasteiger partial charge in [0.15, 0.2) is 0 Å². The fraction of sp³-hybridized carbons (Fsp3) is 0.545. The monoisotopic (exact) mass is 221 g/mol. The van der Waals surface area contributed by atoms with E-state index >= 15 is 0 Å². The minimum Gasteiger partial charge on any atom is -0.480 e. The molecule has 1 aliphatic carbocycles. The molecule has 1 aromatic rings. The third-order valence-electron chi connectivity index (χ3n) is 2.77. The Balaban J connectivity index is 2.20. The van der Waals surface area contributed by atoms with Crippen LogP contribution >= 0.6 is 0 Å². The molecule has 0 bridgehead atoms. The van der Waals surface area contributed by atoms with Gasteiger partial charge in [0, 0.05) is 11.9 Å². The first-order valence-corrected chi connectivity index (χ1v) is 5.35. The molecule has 2 N–H and O–H groups in total. The molecule has 1 heterocycles. The van der Waals surface area contributed by atoms with Crippen molar-refractivity contribution in [3.63, 3.8) is 0 Å². The highest BCUT2D eigenvalue weighted by atomic mass is 16.4. The highest BCUT2D eigenvalue weighted by Crippen LogP contribution is 2.21. The zero-order valence-corrected chi connectivity index (χ0v) is 9.45. The normalized spacial score (nSPS) is 14.6. The Morgan fingerprint density at radius 3 is 2.94 bits per heavy atom. The zero-order valence-electron chi connectivity index (χ0n) is 9.45. The van der Waals surface area contributed by atoms with Crippen LogP contribution in [-0.4, -0.2) is 26.6 Å². The maximum Gasteiger partial charge on any atom is 0.328 e.